The molecule has 9 heteroatoms. The van der Waals surface area contributed by atoms with E-state index in [9.17, 15) is 19.5 Å². The van der Waals surface area contributed by atoms with Crippen molar-refractivity contribution in [1.82, 2.24) is 14.7 Å². The van der Waals surface area contributed by atoms with Crippen LogP contribution in [0.1, 0.15) is 46.5 Å². The van der Waals surface area contributed by atoms with E-state index in [2.05, 4.69) is 36.0 Å². The van der Waals surface area contributed by atoms with Gasteiger partial charge in [-0.25, -0.2) is 0 Å². The number of carbonyl (C=O) groups is 3. The first-order valence-electron chi connectivity index (χ1n) is 13.1. The number of carbonyl (C=O) groups excluding carboxylic acids is 3. The second kappa shape index (κ2) is 11.8. The maximum Gasteiger partial charge on any atom is 0.248 e. The molecule has 3 aliphatic rings. The number of unbranched alkanes of at least 4 members (excludes halogenated alkanes) is 2. The highest BCUT2D eigenvalue weighted by Crippen LogP contribution is 2.61. The van der Waals surface area contributed by atoms with E-state index < -0.39 is 35.6 Å². The number of aliphatic hydroxyl groups is 1. The molecule has 0 aromatic rings. The zero-order valence-corrected chi connectivity index (χ0v) is 23.7. The van der Waals surface area contributed by atoms with Crippen LogP contribution in [0.5, 0.6) is 0 Å². The third kappa shape index (κ3) is 4.78. The minimum absolute atomic E-state index is 0.0908. The Kier molecular flexibility index (Phi) is 9.44. The molecule has 3 heterocycles. The lowest BCUT2D eigenvalue weighted by Gasteiger charge is -2.40. The molecule has 3 amide bonds. The highest BCUT2D eigenvalue weighted by atomic mass is 79.9. The van der Waals surface area contributed by atoms with E-state index in [-0.39, 0.29) is 35.1 Å². The average Bonchev–Trinajstić information content (AvgIpc) is 3.42. The minimum Gasteiger partial charge on any atom is -0.394 e. The Hall–Kier alpha value is -1.71. The highest BCUT2D eigenvalue weighted by Gasteiger charge is 2.77. The Morgan fingerprint density at radius 3 is 2.47 bits per heavy atom. The van der Waals surface area contributed by atoms with Crippen molar-refractivity contribution in [1.29, 1.82) is 0 Å². The molecule has 0 saturated carbocycles. The van der Waals surface area contributed by atoms with Crippen molar-refractivity contribution in [3.8, 4) is 0 Å². The van der Waals surface area contributed by atoms with Gasteiger partial charge in [0.1, 0.15) is 11.6 Å². The Balaban J connectivity index is 2.10. The first-order chi connectivity index (χ1) is 17.1. The molecule has 2 bridgehead atoms. The summed E-state index contributed by atoms with van der Waals surface area (Å²) in [5, 5.41) is 10.3. The number of amides is 3. The van der Waals surface area contributed by atoms with Crippen LogP contribution in [0, 0.1) is 17.8 Å². The first-order valence-corrected chi connectivity index (χ1v) is 14.0. The molecule has 8 nitrogen and oxygen atoms in total. The molecule has 3 saturated heterocycles. The summed E-state index contributed by atoms with van der Waals surface area (Å²) in [5.74, 6) is -2.24. The van der Waals surface area contributed by atoms with Crippen LogP contribution < -0.4 is 0 Å². The summed E-state index contributed by atoms with van der Waals surface area (Å²) in [5.41, 5.74) is -1.13. The highest BCUT2D eigenvalue weighted by molar-refractivity contribution is 9.09. The zero-order valence-electron chi connectivity index (χ0n) is 22.1. The molecule has 3 rings (SSSR count). The van der Waals surface area contributed by atoms with Gasteiger partial charge in [-0.2, -0.15) is 0 Å². The smallest absolute Gasteiger partial charge is 0.248 e. The van der Waals surface area contributed by atoms with Crippen LogP contribution in [-0.4, -0.2) is 99.4 Å². The van der Waals surface area contributed by atoms with Gasteiger partial charge in [0.25, 0.3) is 0 Å². The SMILES string of the molecule is C=CCN(C)C(=O)[C@H]1[C@H]2C(=O)N([C@@H](CO)C(C)C)C(C(=O)N(CC=C)CCCCC)C23CC(Br)[C@@H]1O3. The van der Waals surface area contributed by atoms with Crippen molar-refractivity contribution in [3.63, 3.8) is 0 Å². The van der Waals surface area contributed by atoms with Crippen molar-refractivity contribution in [2.24, 2.45) is 17.8 Å². The van der Waals surface area contributed by atoms with Gasteiger partial charge in [0.05, 0.1) is 30.6 Å². The first kappa shape index (κ1) is 28.9. The van der Waals surface area contributed by atoms with Crippen molar-refractivity contribution in [2.45, 2.75) is 75.1 Å². The van der Waals surface area contributed by atoms with Gasteiger partial charge in [-0.1, -0.05) is 61.7 Å². The lowest BCUT2D eigenvalue weighted by atomic mass is 9.70. The number of hydrogen-bond acceptors (Lipinski definition) is 5. The van der Waals surface area contributed by atoms with E-state index in [1.165, 1.54) is 0 Å². The fourth-order valence-electron chi connectivity index (χ4n) is 6.32. The van der Waals surface area contributed by atoms with Gasteiger partial charge in [0, 0.05) is 31.5 Å². The van der Waals surface area contributed by atoms with Gasteiger partial charge in [0.2, 0.25) is 17.7 Å². The van der Waals surface area contributed by atoms with E-state index in [0.29, 0.717) is 26.1 Å². The van der Waals surface area contributed by atoms with E-state index >= 15 is 0 Å². The Morgan fingerprint density at radius 1 is 1.25 bits per heavy atom. The van der Waals surface area contributed by atoms with Gasteiger partial charge < -0.3 is 24.5 Å². The third-order valence-electron chi connectivity index (χ3n) is 8.03. The lowest BCUT2D eigenvalue weighted by Crippen LogP contribution is -2.60. The van der Waals surface area contributed by atoms with Crippen LogP contribution >= 0.6 is 15.9 Å². The summed E-state index contributed by atoms with van der Waals surface area (Å²) >= 11 is 3.71. The molecule has 3 aliphatic heterocycles. The monoisotopic (exact) mass is 567 g/mol. The van der Waals surface area contributed by atoms with Crippen molar-refractivity contribution in [3.05, 3.63) is 25.3 Å². The number of fused-ring (bicyclic) bond motifs is 1. The molecule has 0 aliphatic carbocycles. The number of ether oxygens (including phenoxy) is 1. The summed E-state index contributed by atoms with van der Waals surface area (Å²) in [4.78, 5) is 46.7. The maximum absolute atomic E-state index is 14.3. The summed E-state index contributed by atoms with van der Waals surface area (Å²) < 4.78 is 6.58. The molecule has 7 atom stereocenters. The van der Waals surface area contributed by atoms with E-state index in [1.807, 2.05) is 13.8 Å². The average molecular weight is 569 g/mol. The van der Waals surface area contributed by atoms with Gasteiger partial charge in [-0.3, -0.25) is 14.4 Å². The van der Waals surface area contributed by atoms with Crippen LogP contribution in [-0.2, 0) is 19.1 Å². The van der Waals surface area contributed by atoms with E-state index in [0.717, 1.165) is 19.3 Å². The van der Waals surface area contributed by atoms with Gasteiger partial charge in [0.15, 0.2) is 0 Å². The fourth-order valence-corrected chi connectivity index (χ4v) is 7.26. The predicted molar refractivity (Wildman–Crippen MR) is 142 cm³/mol. The molecule has 3 fully saturated rings. The number of rotatable bonds is 13. The summed E-state index contributed by atoms with van der Waals surface area (Å²) in [6.45, 7) is 14.5. The Bertz CT molecular complexity index is 866. The Labute approximate surface area is 223 Å². The minimum atomic E-state index is -1.13. The van der Waals surface area contributed by atoms with E-state index in [4.69, 9.17) is 4.74 Å². The fraction of sp³-hybridized carbons (Fsp3) is 0.741. The largest absolute Gasteiger partial charge is 0.394 e. The standard InChI is InChI=1S/C27H42BrN3O5/c1-7-10-11-14-30(13-9-3)26(35)23-27-15-18(28)22(36-27)20(24(33)29(6)12-8-2)21(27)25(34)31(23)19(16-32)17(4)5/h8-9,17-23,32H,2-3,7,10-16H2,1,4-6H3/t18?,19-,20-,21-,22-,23?,27?/m0/s1. The number of hydrogen-bond donors (Lipinski definition) is 1. The van der Waals surface area contributed by atoms with Crippen LogP contribution in [0.25, 0.3) is 0 Å². The van der Waals surface area contributed by atoms with Gasteiger partial charge >= 0.3 is 0 Å². The molecule has 0 aromatic heterocycles. The molecule has 1 spiro atoms. The van der Waals surface area contributed by atoms with Crippen molar-refractivity contribution in [2.75, 3.05) is 33.3 Å². The van der Waals surface area contributed by atoms with Crippen LogP contribution in [0.3, 0.4) is 0 Å². The Morgan fingerprint density at radius 2 is 1.92 bits per heavy atom. The number of aliphatic hydroxyl groups excluding tert-OH is 1. The normalized spacial score (nSPS) is 31.5. The zero-order chi connectivity index (χ0) is 26.8. The second-order valence-corrected chi connectivity index (χ2v) is 11.9. The van der Waals surface area contributed by atoms with Crippen molar-refractivity contribution >= 4 is 33.7 Å². The number of likely N-dealkylation sites (tertiary alicyclic amines) is 1. The molecule has 202 valence electrons. The molecule has 3 unspecified atom stereocenters. The number of halogens is 1. The molecule has 1 N–H and O–H groups in total. The van der Waals surface area contributed by atoms with Crippen LogP contribution in [0.2, 0.25) is 0 Å². The number of alkyl halides is 1. The topological polar surface area (TPSA) is 90.4 Å². The van der Waals surface area contributed by atoms with Crippen LogP contribution in [0.15, 0.2) is 25.3 Å². The number of likely N-dealkylation sites (N-methyl/N-ethyl adjacent to an activating group) is 1. The van der Waals surface area contributed by atoms with Crippen LogP contribution in [0.4, 0.5) is 0 Å². The molecular formula is C27H42BrN3O5. The summed E-state index contributed by atoms with van der Waals surface area (Å²) in [7, 11) is 1.69. The second-order valence-electron chi connectivity index (χ2n) is 10.7. The summed E-state index contributed by atoms with van der Waals surface area (Å²) in [6.07, 6.45) is 6.14. The molecular weight excluding hydrogens is 526 g/mol. The number of nitrogens with zero attached hydrogens (tertiary/aromatic N) is 3. The van der Waals surface area contributed by atoms with Crippen molar-refractivity contribution < 1.29 is 24.2 Å². The predicted octanol–water partition coefficient (Wildman–Crippen LogP) is 2.60. The van der Waals surface area contributed by atoms with Gasteiger partial charge in [-0.05, 0) is 18.8 Å². The molecule has 0 aromatic carbocycles. The molecule has 0 radical (unpaired) electrons. The summed E-state index contributed by atoms with van der Waals surface area (Å²) in [6, 6.07) is -1.48. The van der Waals surface area contributed by atoms with E-state index in [1.54, 1.807) is 33.9 Å². The maximum atomic E-state index is 14.3. The third-order valence-corrected chi connectivity index (χ3v) is 8.88. The quantitative estimate of drug-likeness (QED) is 0.210. The lowest BCUT2D eigenvalue weighted by molar-refractivity contribution is -0.152. The molecule has 36 heavy (non-hydrogen) atoms. The van der Waals surface area contributed by atoms with Gasteiger partial charge in [-0.15, -0.1) is 13.2 Å².